The van der Waals surface area contributed by atoms with Crippen molar-refractivity contribution in [2.24, 2.45) is 5.92 Å². The van der Waals surface area contributed by atoms with Gasteiger partial charge >= 0.3 is 0 Å². The van der Waals surface area contributed by atoms with E-state index in [1.807, 2.05) is 11.3 Å². The Morgan fingerprint density at radius 1 is 0.684 bits per heavy atom. The predicted molar refractivity (Wildman–Crippen MR) is 249 cm³/mol. The maximum atomic E-state index is 2.54. The molecule has 0 radical (unpaired) electrons. The number of benzene rings is 5. The van der Waals surface area contributed by atoms with Crippen molar-refractivity contribution in [3.05, 3.63) is 178 Å². The standard InChI is InChI=1S/C54H52N2S/c1-6-48(55-49-28-16-12-24-43(49)44-25-13-17-29-50(44)55)38(4)37(3)47-34-36(2)32-33-41(47)21-9-7-8-20-40-22-10-11-23-42(40)54-39(5)53(35-57-54)56-51-30-18-14-26-45(51)46-27-15-19-31-52(46)56/h6,10-19,22-31,33-36H,7-9,20-21,32H2,1-5H3/b38-37+,48-6+. The fourth-order valence-electron chi connectivity index (χ4n) is 9.43. The molecule has 57 heavy (non-hydrogen) atoms. The lowest BCUT2D eigenvalue weighted by atomic mass is 9.83. The van der Waals surface area contributed by atoms with Crippen LogP contribution >= 0.6 is 11.3 Å². The van der Waals surface area contributed by atoms with Gasteiger partial charge in [-0.2, -0.15) is 0 Å². The lowest BCUT2D eigenvalue weighted by molar-refractivity contribution is 0.663. The molecule has 0 aliphatic heterocycles. The number of para-hydroxylation sites is 4. The van der Waals surface area contributed by atoms with Crippen LogP contribution in [0, 0.1) is 12.8 Å². The first-order valence-corrected chi connectivity index (χ1v) is 21.7. The first kappa shape index (κ1) is 37.0. The van der Waals surface area contributed by atoms with E-state index < -0.39 is 0 Å². The zero-order chi connectivity index (χ0) is 39.0. The third kappa shape index (κ3) is 6.62. The molecular formula is C54H52N2S. The summed E-state index contributed by atoms with van der Waals surface area (Å²) in [7, 11) is 0. The van der Waals surface area contributed by atoms with Crippen LogP contribution < -0.4 is 0 Å². The summed E-state index contributed by atoms with van der Waals surface area (Å²) >= 11 is 1.89. The highest BCUT2D eigenvalue weighted by Crippen LogP contribution is 2.42. The minimum atomic E-state index is 0.543. The Labute approximate surface area is 341 Å². The van der Waals surface area contributed by atoms with E-state index in [4.69, 9.17) is 0 Å². The maximum Gasteiger partial charge on any atom is 0.0604 e. The topological polar surface area (TPSA) is 9.86 Å². The van der Waals surface area contributed by atoms with E-state index in [9.17, 15) is 0 Å². The average molecular weight is 761 g/mol. The first-order chi connectivity index (χ1) is 27.9. The average Bonchev–Trinajstić information content (AvgIpc) is 3.90. The van der Waals surface area contributed by atoms with E-state index in [1.54, 1.807) is 0 Å². The van der Waals surface area contributed by atoms with Gasteiger partial charge in [0.2, 0.25) is 0 Å². The minimum absolute atomic E-state index is 0.543. The second kappa shape index (κ2) is 15.7. The Balaban J connectivity index is 0.913. The summed E-state index contributed by atoms with van der Waals surface area (Å²) < 4.78 is 4.94. The normalized spacial score (nSPS) is 15.5. The van der Waals surface area contributed by atoms with Gasteiger partial charge in [0.05, 0.1) is 27.8 Å². The molecule has 8 aromatic rings. The molecule has 5 aromatic carbocycles. The van der Waals surface area contributed by atoms with Gasteiger partial charge in [0.1, 0.15) is 0 Å². The Morgan fingerprint density at radius 3 is 1.86 bits per heavy atom. The molecule has 0 bridgehead atoms. The van der Waals surface area contributed by atoms with Crippen molar-refractivity contribution in [1.29, 1.82) is 0 Å². The number of hydrogen-bond acceptors (Lipinski definition) is 1. The summed E-state index contributed by atoms with van der Waals surface area (Å²) in [4.78, 5) is 1.39. The molecule has 284 valence electrons. The second-order valence-electron chi connectivity index (χ2n) is 16.0. The number of aryl methyl sites for hydroxylation is 1. The number of nitrogens with zero attached hydrogens (tertiary/aromatic N) is 2. The van der Waals surface area contributed by atoms with Crippen LogP contribution in [0.5, 0.6) is 0 Å². The van der Waals surface area contributed by atoms with Crippen LogP contribution in [0.1, 0.15) is 70.9 Å². The highest BCUT2D eigenvalue weighted by Gasteiger charge is 2.21. The van der Waals surface area contributed by atoms with Gasteiger partial charge in [-0.05, 0) is 129 Å². The van der Waals surface area contributed by atoms with Crippen LogP contribution in [0.3, 0.4) is 0 Å². The molecule has 3 aromatic heterocycles. The number of rotatable bonds is 11. The number of fused-ring (bicyclic) bond motifs is 6. The molecule has 1 unspecified atom stereocenters. The first-order valence-electron chi connectivity index (χ1n) is 20.8. The molecule has 0 saturated heterocycles. The van der Waals surface area contributed by atoms with Crippen LogP contribution in [-0.4, -0.2) is 9.13 Å². The summed E-state index contributed by atoms with van der Waals surface area (Å²) in [6.07, 6.45) is 14.3. The lowest BCUT2D eigenvalue weighted by Gasteiger charge is -2.24. The zero-order valence-electron chi connectivity index (χ0n) is 34.0. The number of allylic oxidation sites excluding steroid dienone is 8. The highest BCUT2D eigenvalue weighted by molar-refractivity contribution is 7.14. The number of thiophene rings is 1. The van der Waals surface area contributed by atoms with E-state index in [2.05, 4.69) is 189 Å². The van der Waals surface area contributed by atoms with Crippen molar-refractivity contribution in [3.63, 3.8) is 0 Å². The van der Waals surface area contributed by atoms with E-state index in [0.29, 0.717) is 5.92 Å². The van der Waals surface area contributed by atoms with Crippen molar-refractivity contribution < 1.29 is 0 Å². The lowest BCUT2D eigenvalue weighted by Crippen LogP contribution is -2.07. The summed E-state index contributed by atoms with van der Waals surface area (Å²) in [5.74, 6) is 0.543. The molecule has 0 fully saturated rings. The Kier molecular flexibility index (Phi) is 10.2. The third-order valence-electron chi connectivity index (χ3n) is 12.5. The Morgan fingerprint density at radius 2 is 1.23 bits per heavy atom. The number of aromatic nitrogens is 2. The van der Waals surface area contributed by atoms with Gasteiger partial charge in [0.15, 0.2) is 0 Å². The van der Waals surface area contributed by atoms with Gasteiger partial charge in [0.25, 0.3) is 0 Å². The van der Waals surface area contributed by atoms with Gasteiger partial charge in [-0.3, -0.25) is 0 Å². The molecule has 2 nitrogen and oxygen atoms in total. The van der Waals surface area contributed by atoms with Gasteiger partial charge in [-0.25, -0.2) is 0 Å². The molecule has 9 rings (SSSR count). The van der Waals surface area contributed by atoms with Gasteiger partial charge in [-0.15, -0.1) is 11.3 Å². The fraction of sp³-hybridized carbons (Fsp3) is 0.222. The number of unbranched alkanes of at least 4 members (excludes halogenated alkanes) is 2. The smallest absolute Gasteiger partial charge is 0.0604 e. The fourth-order valence-corrected chi connectivity index (χ4v) is 10.6. The van der Waals surface area contributed by atoms with Gasteiger partial charge in [-0.1, -0.05) is 129 Å². The van der Waals surface area contributed by atoms with Crippen molar-refractivity contribution in [3.8, 4) is 16.1 Å². The van der Waals surface area contributed by atoms with Gasteiger partial charge < -0.3 is 9.13 Å². The summed E-state index contributed by atoms with van der Waals surface area (Å²) in [5, 5.41) is 7.60. The van der Waals surface area contributed by atoms with Crippen LogP contribution in [0.15, 0.2) is 167 Å². The zero-order valence-corrected chi connectivity index (χ0v) is 34.8. The Bertz CT molecular complexity index is 2810. The molecule has 1 atom stereocenters. The molecular weight excluding hydrogens is 709 g/mol. The summed E-state index contributed by atoms with van der Waals surface area (Å²) in [6, 6.07) is 44.4. The van der Waals surface area contributed by atoms with E-state index in [1.165, 1.54) is 118 Å². The molecule has 0 saturated carbocycles. The largest absolute Gasteiger partial charge is 0.309 e. The van der Waals surface area contributed by atoms with E-state index >= 15 is 0 Å². The minimum Gasteiger partial charge on any atom is -0.309 e. The summed E-state index contributed by atoms with van der Waals surface area (Å²) in [6.45, 7) is 11.5. The van der Waals surface area contributed by atoms with Crippen LogP contribution in [0.4, 0.5) is 0 Å². The van der Waals surface area contributed by atoms with Crippen LogP contribution in [0.25, 0.3) is 65.4 Å². The van der Waals surface area contributed by atoms with Crippen LogP contribution in [-0.2, 0) is 6.42 Å². The quantitative estimate of drug-likeness (QED) is 0.0918. The van der Waals surface area contributed by atoms with Crippen molar-refractivity contribution in [2.45, 2.75) is 73.1 Å². The molecule has 0 N–H and O–H groups in total. The van der Waals surface area contributed by atoms with Gasteiger partial charge in [0, 0.05) is 37.5 Å². The molecule has 3 heterocycles. The van der Waals surface area contributed by atoms with E-state index in [-0.39, 0.29) is 0 Å². The molecule has 1 aliphatic carbocycles. The predicted octanol–water partition coefficient (Wildman–Crippen LogP) is 15.8. The number of hydrogen-bond donors (Lipinski definition) is 0. The summed E-state index contributed by atoms with van der Waals surface area (Å²) in [5.41, 5.74) is 17.5. The van der Waals surface area contributed by atoms with Crippen LogP contribution in [0.2, 0.25) is 0 Å². The Hall–Kier alpha value is -5.64. The molecule has 0 amide bonds. The second-order valence-corrected chi connectivity index (χ2v) is 16.9. The van der Waals surface area contributed by atoms with E-state index in [0.717, 1.165) is 19.3 Å². The third-order valence-corrected chi connectivity index (χ3v) is 13.6. The molecule has 3 heteroatoms. The molecule has 0 spiro atoms. The SMILES string of the molecule is C/C=C(\C(C)=C(/C)C1=CC(C)CC=C1CCCCCc1ccccc1-c1scc(-n2c3ccccc3c3ccccc32)c1C)n1c2ccccc2c2ccccc21. The monoisotopic (exact) mass is 760 g/mol. The highest BCUT2D eigenvalue weighted by atomic mass is 32.1. The van der Waals surface area contributed by atoms with Crippen molar-refractivity contribution in [1.82, 2.24) is 9.13 Å². The molecule has 1 aliphatic rings. The van der Waals surface area contributed by atoms with Crippen molar-refractivity contribution in [2.75, 3.05) is 0 Å². The van der Waals surface area contributed by atoms with Crippen molar-refractivity contribution >= 4 is 60.6 Å². The maximum absolute atomic E-state index is 2.54.